The third-order valence-electron chi connectivity index (χ3n) is 4.18. The summed E-state index contributed by atoms with van der Waals surface area (Å²) < 4.78 is 23.8. The Bertz CT molecular complexity index is 1020. The number of amides is 2. The Morgan fingerprint density at radius 1 is 0.933 bits per heavy atom. The molecule has 0 atom stereocenters. The van der Waals surface area contributed by atoms with Gasteiger partial charge in [0.25, 0.3) is 11.8 Å². The first-order chi connectivity index (χ1) is 14.5. The van der Waals surface area contributed by atoms with Crippen molar-refractivity contribution in [1.82, 2.24) is 5.32 Å². The Labute approximate surface area is 173 Å². The van der Waals surface area contributed by atoms with Crippen LogP contribution < -0.4 is 20.1 Å². The van der Waals surface area contributed by atoms with Crippen molar-refractivity contribution < 1.29 is 23.5 Å². The van der Waals surface area contributed by atoms with E-state index in [9.17, 15) is 14.0 Å². The van der Waals surface area contributed by atoms with Crippen LogP contribution in [0.3, 0.4) is 0 Å². The second kappa shape index (κ2) is 10.1. The number of ether oxygens (including phenoxy) is 2. The van der Waals surface area contributed by atoms with Gasteiger partial charge in [-0.3, -0.25) is 9.59 Å². The second-order valence-corrected chi connectivity index (χ2v) is 6.41. The van der Waals surface area contributed by atoms with E-state index in [0.717, 1.165) is 0 Å². The molecular formula is C23H21FN2O4. The van der Waals surface area contributed by atoms with E-state index >= 15 is 0 Å². The van der Waals surface area contributed by atoms with Gasteiger partial charge in [-0.15, -0.1) is 0 Å². The molecule has 0 spiro atoms. The van der Waals surface area contributed by atoms with Crippen LogP contribution in [0.1, 0.15) is 15.9 Å². The predicted octanol–water partition coefficient (Wildman–Crippen LogP) is 3.78. The van der Waals surface area contributed by atoms with Crippen LogP contribution in [0, 0.1) is 5.82 Å². The van der Waals surface area contributed by atoms with Crippen molar-refractivity contribution in [2.75, 3.05) is 19.0 Å². The third kappa shape index (κ3) is 6.07. The highest BCUT2D eigenvalue weighted by molar-refractivity contribution is 5.94. The van der Waals surface area contributed by atoms with Crippen LogP contribution >= 0.6 is 0 Å². The second-order valence-electron chi connectivity index (χ2n) is 6.41. The lowest BCUT2D eigenvalue weighted by atomic mass is 10.2. The molecule has 0 heterocycles. The Balaban J connectivity index is 1.47. The van der Waals surface area contributed by atoms with Crippen LogP contribution in [-0.4, -0.2) is 25.5 Å². The van der Waals surface area contributed by atoms with E-state index in [-0.39, 0.29) is 30.8 Å². The van der Waals surface area contributed by atoms with E-state index in [0.29, 0.717) is 28.3 Å². The minimum absolute atomic E-state index is 0.178. The summed E-state index contributed by atoms with van der Waals surface area (Å²) in [4.78, 5) is 24.3. The molecule has 0 aromatic heterocycles. The molecule has 0 aliphatic rings. The van der Waals surface area contributed by atoms with E-state index < -0.39 is 0 Å². The summed E-state index contributed by atoms with van der Waals surface area (Å²) in [6.07, 6.45) is 0. The summed E-state index contributed by atoms with van der Waals surface area (Å²) in [6.45, 7) is 0.0433. The van der Waals surface area contributed by atoms with Gasteiger partial charge in [0.1, 0.15) is 17.3 Å². The largest absolute Gasteiger partial charge is 0.497 e. The number of nitrogens with one attached hydrogen (secondary N) is 2. The summed E-state index contributed by atoms with van der Waals surface area (Å²) in [5, 5.41) is 5.45. The summed E-state index contributed by atoms with van der Waals surface area (Å²) in [7, 11) is 1.55. The van der Waals surface area contributed by atoms with Gasteiger partial charge in [0.2, 0.25) is 0 Å². The number of benzene rings is 3. The average molecular weight is 408 g/mol. The highest BCUT2D eigenvalue weighted by Gasteiger charge is 2.08. The number of carbonyl (C=O) groups is 2. The van der Waals surface area contributed by atoms with Crippen LogP contribution in [-0.2, 0) is 11.3 Å². The minimum Gasteiger partial charge on any atom is -0.497 e. The predicted molar refractivity (Wildman–Crippen MR) is 111 cm³/mol. The average Bonchev–Trinajstić information content (AvgIpc) is 2.76. The molecular weight excluding hydrogens is 387 g/mol. The molecule has 3 rings (SSSR count). The molecule has 0 saturated heterocycles. The van der Waals surface area contributed by atoms with Gasteiger partial charge in [0.15, 0.2) is 6.61 Å². The molecule has 0 unspecified atom stereocenters. The maximum atomic E-state index is 13.2. The Hall–Kier alpha value is -3.87. The molecule has 2 amide bonds. The first-order valence-electron chi connectivity index (χ1n) is 9.23. The molecule has 0 saturated carbocycles. The number of methoxy groups -OCH3 is 1. The van der Waals surface area contributed by atoms with Crippen LogP contribution in [0.2, 0.25) is 0 Å². The number of hydrogen-bond donors (Lipinski definition) is 2. The summed E-state index contributed by atoms with van der Waals surface area (Å²) >= 11 is 0. The van der Waals surface area contributed by atoms with Gasteiger partial charge in [-0.2, -0.15) is 0 Å². The quantitative estimate of drug-likeness (QED) is 0.595. The van der Waals surface area contributed by atoms with Crippen molar-refractivity contribution in [2.24, 2.45) is 0 Å². The number of carbonyl (C=O) groups excluding carboxylic acids is 2. The molecule has 0 fully saturated rings. The zero-order chi connectivity index (χ0) is 21.3. The Kier molecular flexibility index (Phi) is 7.00. The topological polar surface area (TPSA) is 76.7 Å². The van der Waals surface area contributed by atoms with Crippen molar-refractivity contribution in [3.05, 3.63) is 89.7 Å². The van der Waals surface area contributed by atoms with E-state index in [4.69, 9.17) is 9.47 Å². The van der Waals surface area contributed by atoms with Crippen LogP contribution in [0.4, 0.5) is 10.1 Å². The first kappa shape index (κ1) is 20.9. The molecule has 30 heavy (non-hydrogen) atoms. The maximum Gasteiger partial charge on any atom is 0.262 e. The first-order valence-corrected chi connectivity index (χ1v) is 9.23. The number of halogens is 1. The molecule has 3 aromatic rings. The van der Waals surface area contributed by atoms with Gasteiger partial charge in [0.05, 0.1) is 7.11 Å². The monoisotopic (exact) mass is 408 g/mol. The van der Waals surface area contributed by atoms with E-state index in [2.05, 4.69) is 10.6 Å². The van der Waals surface area contributed by atoms with Crippen molar-refractivity contribution >= 4 is 17.5 Å². The highest BCUT2D eigenvalue weighted by atomic mass is 19.1. The molecule has 0 aliphatic heterocycles. The van der Waals surface area contributed by atoms with Gasteiger partial charge in [-0.1, -0.05) is 18.2 Å². The molecule has 3 aromatic carbocycles. The van der Waals surface area contributed by atoms with Crippen molar-refractivity contribution in [3.8, 4) is 11.5 Å². The van der Waals surface area contributed by atoms with Crippen molar-refractivity contribution in [2.45, 2.75) is 6.54 Å². The van der Waals surface area contributed by atoms with Gasteiger partial charge in [-0.25, -0.2) is 4.39 Å². The maximum absolute atomic E-state index is 13.2. The molecule has 6 nitrogen and oxygen atoms in total. The zero-order valence-electron chi connectivity index (χ0n) is 16.4. The van der Waals surface area contributed by atoms with Gasteiger partial charge in [-0.05, 0) is 54.1 Å². The molecule has 0 bridgehead atoms. The van der Waals surface area contributed by atoms with Crippen LogP contribution in [0.25, 0.3) is 0 Å². The minimum atomic E-state index is -0.348. The van der Waals surface area contributed by atoms with E-state index in [1.54, 1.807) is 67.8 Å². The summed E-state index contributed by atoms with van der Waals surface area (Å²) in [6, 6.07) is 19.4. The number of rotatable bonds is 8. The Morgan fingerprint density at radius 2 is 1.70 bits per heavy atom. The molecule has 2 N–H and O–H groups in total. The normalized spacial score (nSPS) is 10.2. The fraction of sp³-hybridized carbons (Fsp3) is 0.130. The highest BCUT2D eigenvalue weighted by Crippen LogP contribution is 2.17. The van der Waals surface area contributed by atoms with Gasteiger partial charge < -0.3 is 20.1 Å². The Morgan fingerprint density at radius 3 is 2.43 bits per heavy atom. The molecule has 154 valence electrons. The lowest BCUT2D eigenvalue weighted by molar-refractivity contribution is -0.118. The number of hydrogen-bond acceptors (Lipinski definition) is 4. The third-order valence-corrected chi connectivity index (χ3v) is 4.18. The van der Waals surface area contributed by atoms with Gasteiger partial charge in [0, 0.05) is 23.9 Å². The van der Waals surface area contributed by atoms with Crippen LogP contribution in [0.5, 0.6) is 11.5 Å². The smallest absolute Gasteiger partial charge is 0.262 e. The fourth-order valence-corrected chi connectivity index (χ4v) is 2.68. The SMILES string of the molecule is COc1cccc(NC(=O)COc2ccc(C(=O)NCc3cccc(F)c3)cc2)c1. The zero-order valence-corrected chi connectivity index (χ0v) is 16.4. The fourth-order valence-electron chi connectivity index (χ4n) is 2.68. The van der Waals surface area contributed by atoms with Gasteiger partial charge >= 0.3 is 0 Å². The summed E-state index contributed by atoms with van der Waals surface area (Å²) in [5.74, 6) is 0.137. The lowest BCUT2D eigenvalue weighted by Gasteiger charge is -2.09. The number of anilines is 1. The van der Waals surface area contributed by atoms with E-state index in [1.165, 1.54) is 12.1 Å². The summed E-state index contributed by atoms with van der Waals surface area (Å²) in [5.41, 5.74) is 1.71. The van der Waals surface area contributed by atoms with E-state index in [1.807, 2.05) is 0 Å². The molecule has 0 radical (unpaired) electrons. The molecule has 7 heteroatoms. The lowest BCUT2D eigenvalue weighted by Crippen LogP contribution is -2.23. The van der Waals surface area contributed by atoms with Crippen LogP contribution in [0.15, 0.2) is 72.8 Å². The molecule has 0 aliphatic carbocycles. The van der Waals surface area contributed by atoms with Crippen molar-refractivity contribution in [1.29, 1.82) is 0 Å². The standard InChI is InChI=1S/C23H21FN2O4/c1-29-21-7-3-6-19(13-21)26-22(27)15-30-20-10-8-17(9-11-20)23(28)25-14-16-4-2-5-18(24)12-16/h2-13H,14-15H2,1H3,(H,25,28)(H,26,27). The van der Waals surface area contributed by atoms with Crippen molar-refractivity contribution in [3.63, 3.8) is 0 Å².